The molecule has 0 unspecified atom stereocenters. The third-order valence-electron chi connectivity index (χ3n) is 2.75. The van der Waals surface area contributed by atoms with E-state index in [0.29, 0.717) is 0 Å². The van der Waals surface area contributed by atoms with Crippen molar-refractivity contribution in [1.82, 2.24) is 0 Å². The van der Waals surface area contributed by atoms with Crippen LogP contribution in [0.4, 0.5) is 0 Å². The first kappa shape index (κ1) is 19.0. The van der Waals surface area contributed by atoms with Gasteiger partial charge in [-0.25, -0.2) is 13.0 Å². The predicted octanol–water partition coefficient (Wildman–Crippen LogP) is 2.43. The van der Waals surface area contributed by atoms with Crippen molar-refractivity contribution in [3.05, 3.63) is 30.6 Å². The molecule has 0 radical (unpaired) electrons. The highest BCUT2D eigenvalue weighted by Gasteiger charge is 1.96. The van der Waals surface area contributed by atoms with Gasteiger partial charge in [-0.3, -0.25) is 4.18 Å². The summed E-state index contributed by atoms with van der Waals surface area (Å²) in [4.78, 5) is 0. The van der Waals surface area contributed by atoms with Crippen LogP contribution in [-0.4, -0.2) is 20.1 Å². The summed E-state index contributed by atoms with van der Waals surface area (Å²) in [5, 5.41) is 0. The number of rotatable bonds is 8. The molecule has 5 nitrogen and oxygen atoms in total. The highest BCUT2D eigenvalue weighted by molar-refractivity contribution is 7.80. The van der Waals surface area contributed by atoms with E-state index in [0.717, 1.165) is 7.11 Å². The maximum atomic E-state index is 9.22. The standard InChI is InChI=1S/C13H22N.CH4O4S/c1-2-3-4-5-6-8-11-14-12-9-7-10-13-14;1-5-6(2,3)4/h7,9-10,12-13H,2-6,8,11H2,1H3;1H3,(H,2,3,4)/q+1;/p-1. The van der Waals surface area contributed by atoms with E-state index in [1.807, 2.05) is 0 Å². The van der Waals surface area contributed by atoms with Crippen molar-refractivity contribution in [2.75, 3.05) is 7.11 Å². The first-order valence-corrected chi connectivity index (χ1v) is 8.28. The van der Waals surface area contributed by atoms with E-state index < -0.39 is 10.4 Å². The second-order valence-electron chi connectivity index (χ2n) is 4.46. The Kier molecular flexibility index (Phi) is 11.2. The average molecular weight is 303 g/mol. The molecule has 0 aliphatic carbocycles. The molecule has 0 atom stereocenters. The number of nitrogens with zero attached hydrogens (tertiary/aromatic N) is 1. The van der Waals surface area contributed by atoms with Gasteiger partial charge in [0.25, 0.3) is 0 Å². The Morgan fingerprint density at radius 3 is 2.00 bits per heavy atom. The Bertz CT molecular complexity index is 420. The van der Waals surface area contributed by atoms with Gasteiger partial charge in [0.2, 0.25) is 10.4 Å². The monoisotopic (exact) mass is 303 g/mol. The molecule has 0 spiro atoms. The molecule has 0 amide bonds. The van der Waals surface area contributed by atoms with Crippen LogP contribution in [0.5, 0.6) is 0 Å². The quantitative estimate of drug-likeness (QED) is 0.320. The molecule has 0 fully saturated rings. The summed E-state index contributed by atoms with van der Waals surface area (Å²) in [6, 6.07) is 6.26. The fourth-order valence-electron chi connectivity index (χ4n) is 1.66. The summed E-state index contributed by atoms with van der Waals surface area (Å²) in [5.74, 6) is 0. The van der Waals surface area contributed by atoms with Crippen LogP contribution in [0.3, 0.4) is 0 Å². The molecule has 0 saturated heterocycles. The second kappa shape index (κ2) is 11.8. The summed E-state index contributed by atoms with van der Waals surface area (Å²) in [6.45, 7) is 3.44. The molecule has 20 heavy (non-hydrogen) atoms. The Morgan fingerprint density at radius 1 is 1.00 bits per heavy atom. The van der Waals surface area contributed by atoms with Gasteiger partial charge in [-0.1, -0.05) is 38.7 Å². The summed E-state index contributed by atoms with van der Waals surface area (Å²) >= 11 is 0. The molecule has 116 valence electrons. The molecule has 0 aromatic carbocycles. The summed E-state index contributed by atoms with van der Waals surface area (Å²) < 4.78 is 33.3. The van der Waals surface area contributed by atoms with Crippen LogP contribution in [-0.2, 0) is 21.1 Å². The predicted molar refractivity (Wildman–Crippen MR) is 76.7 cm³/mol. The third kappa shape index (κ3) is 13.5. The van der Waals surface area contributed by atoms with Gasteiger partial charge in [0.1, 0.15) is 6.54 Å². The molecule has 1 aromatic rings. The fourth-order valence-corrected chi connectivity index (χ4v) is 1.66. The molecule has 1 heterocycles. The Balaban J connectivity index is 0.000000511. The van der Waals surface area contributed by atoms with Gasteiger partial charge in [0, 0.05) is 18.6 Å². The molecule has 0 aliphatic rings. The molecular weight excluding hydrogens is 278 g/mol. The first-order chi connectivity index (χ1) is 9.49. The van der Waals surface area contributed by atoms with Gasteiger partial charge in [-0.05, 0) is 6.42 Å². The zero-order chi connectivity index (χ0) is 15.3. The van der Waals surface area contributed by atoms with Crippen LogP contribution in [0, 0.1) is 0 Å². The van der Waals surface area contributed by atoms with Crippen LogP contribution in [0.25, 0.3) is 0 Å². The van der Waals surface area contributed by atoms with Crippen LogP contribution in [0.15, 0.2) is 30.6 Å². The van der Waals surface area contributed by atoms with Crippen LogP contribution >= 0.6 is 0 Å². The number of unbranched alkanes of at least 4 members (excludes halogenated alkanes) is 5. The highest BCUT2D eigenvalue weighted by atomic mass is 32.3. The Labute approximate surface area is 122 Å². The van der Waals surface area contributed by atoms with Gasteiger partial charge < -0.3 is 4.55 Å². The van der Waals surface area contributed by atoms with Gasteiger partial charge in [0.15, 0.2) is 12.4 Å². The topological polar surface area (TPSA) is 70.3 Å². The molecule has 0 bridgehead atoms. The van der Waals surface area contributed by atoms with Crippen LogP contribution in [0.1, 0.15) is 45.4 Å². The van der Waals surface area contributed by atoms with E-state index in [4.69, 9.17) is 0 Å². The van der Waals surface area contributed by atoms with Crippen molar-refractivity contribution in [1.29, 1.82) is 0 Å². The summed E-state index contributed by atoms with van der Waals surface area (Å²) in [7, 11) is -3.60. The highest BCUT2D eigenvalue weighted by Crippen LogP contribution is 2.04. The van der Waals surface area contributed by atoms with Gasteiger partial charge in [-0.2, -0.15) is 0 Å². The smallest absolute Gasteiger partial charge is 0.217 e. The third-order valence-corrected chi connectivity index (χ3v) is 3.16. The minimum absolute atomic E-state index is 0.808. The zero-order valence-electron chi connectivity index (χ0n) is 12.3. The summed E-state index contributed by atoms with van der Waals surface area (Å²) in [6.07, 6.45) is 12.5. The van der Waals surface area contributed by atoms with Crippen LogP contribution in [0.2, 0.25) is 0 Å². The minimum Gasteiger partial charge on any atom is -0.726 e. The van der Waals surface area contributed by atoms with Crippen molar-refractivity contribution >= 4 is 10.4 Å². The van der Waals surface area contributed by atoms with Crippen molar-refractivity contribution < 1.29 is 21.7 Å². The van der Waals surface area contributed by atoms with E-state index in [1.165, 1.54) is 45.1 Å². The fraction of sp³-hybridized carbons (Fsp3) is 0.643. The lowest BCUT2D eigenvalue weighted by atomic mass is 10.1. The van der Waals surface area contributed by atoms with E-state index in [-0.39, 0.29) is 0 Å². The SMILES string of the molecule is CCCCCCCC[n+]1ccccc1.COS(=O)(=O)[O-]. The molecule has 0 saturated carbocycles. The molecule has 1 aromatic heterocycles. The Hall–Kier alpha value is -0.980. The maximum absolute atomic E-state index is 9.22. The number of hydrogen-bond acceptors (Lipinski definition) is 4. The van der Waals surface area contributed by atoms with Crippen molar-refractivity contribution in [2.24, 2.45) is 0 Å². The van der Waals surface area contributed by atoms with E-state index in [9.17, 15) is 13.0 Å². The number of pyridine rings is 1. The maximum Gasteiger partial charge on any atom is 0.217 e. The van der Waals surface area contributed by atoms with Crippen molar-refractivity contribution in [3.63, 3.8) is 0 Å². The first-order valence-electron chi connectivity index (χ1n) is 6.95. The normalized spacial score (nSPS) is 10.8. The zero-order valence-corrected chi connectivity index (χ0v) is 13.1. The largest absolute Gasteiger partial charge is 0.726 e. The lowest BCUT2D eigenvalue weighted by Gasteiger charge is -1.98. The molecule has 6 heteroatoms. The molecule has 0 N–H and O–H groups in total. The van der Waals surface area contributed by atoms with E-state index in [1.54, 1.807) is 0 Å². The number of hydrogen-bond donors (Lipinski definition) is 0. The van der Waals surface area contributed by atoms with Gasteiger partial charge in [-0.15, -0.1) is 0 Å². The molecule has 1 rings (SSSR count). The number of aryl methyl sites for hydroxylation is 1. The lowest BCUT2D eigenvalue weighted by molar-refractivity contribution is -0.697. The molecule has 0 aliphatic heterocycles. The Morgan fingerprint density at radius 2 is 1.50 bits per heavy atom. The van der Waals surface area contributed by atoms with E-state index >= 15 is 0 Å². The number of aromatic nitrogens is 1. The van der Waals surface area contributed by atoms with Crippen molar-refractivity contribution in [2.45, 2.75) is 52.0 Å². The van der Waals surface area contributed by atoms with E-state index in [2.05, 4.69) is 46.3 Å². The molecular formula is C14H25NO4S. The van der Waals surface area contributed by atoms with Crippen molar-refractivity contribution in [3.8, 4) is 0 Å². The lowest BCUT2D eigenvalue weighted by Crippen LogP contribution is -2.32. The second-order valence-corrected chi connectivity index (χ2v) is 5.61. The minimum atomic E-state index is -4.41. The van der Waals surface area contributed by atoms with Gasteiger partial charge >= 0.3 is 0 Å². The van der Waals surface area contributed by atoms with Crippen LogP contribution < -0.4 is 4.57 Å². The van der Waals surface area contributed by atoms with Gasteiger partial charge in [0.05, 0.1) is 7.11 Å². The average Bonchev–Trinajstić information content (AvgIpc) is 2.44. The summed E-state index contributed by atoms with van der Waals surface area (Å²) in [5.41, 5.74) is 0.